The summed E-state index contributed by atoms with van der Waals surface area (Å²) < 4.78 is 1.05. The largest absolute Gasteiger partial charge is 0.302 e. The van der Waals surface area contributed by atoms with Gasteiger partial charge in [0, 0.05) is 14.3 Å². The fraction of sp³-hybridized carbons (Fsp3) is 0.150. The van der Waals surface area contributed by atoms with E-state index in [1.807, 2.05) is 65.2 Å². The van der Waals surface area contributed by atoms with Crippen molar-refractivity contribution in [2.45, 2.75) is 21.1 Å². The number of hydrogen-bond acceptors (Lipinski definition) is 3. The molecule has 2 aromatic carbocycles. The third kappa shape index (κ3) is 3.59. The maximum absolute atomic E-state index is 13.1. The number of carbonyl (C=O) groups excluding carboxylic acids is 1. The lowest BCUT2D eigenvalue weighted by atomic mass is 10.0. The SMILES string of the molecule is O=C(CSc1ccc(Br)cc1)N1c2ccccc2S[C@@H]2C=CC=C[C@@H]21. The lowest BCUT2D eigenvalue weighted by Gasteiger charge is -2.40. The molecule has 0 radical (unpaired) electrons. The minimum absolute atomic E-state index is 0.0860. The Bertz CT molecular complexity index is 847. The number of thioether (sulfide) groups is 2. The van der Waals surface area contributed by atoms with E-state index in [4.69, 9.17) is 0 Å². The first kappa shape index (κ1) is 17.0. The second-order valence-corrected chi connectivity index (χ2v) is 9.00. The smallest absolute Gasteiger partial charge is 0.237 e. The summed E-state index contributed by atoms with van der Waals surface area (Å²) in [7, 11) is 0. The molecule has 1 heterocycles. The molecular formula is C20H16BrNOS2. The Balaban J connectivity index is 1.58. The number of nitrogens with zero attached hydrogens (tertiary/aromatic N) is 1. The molecule has 0 spiro atoms. The third-order valence-corrected chi connectivity index (χ3v) is 7.02. The van der Waals surface area contributed by atoms with Crippen molar-refractivity contribution in [3.05, 3.63) is 77.3 Å². The summed E-state index contributed by atoms with van der Waals surface area (Å²) in [6, 6.07) is 16.4. The highest BCUT2D eigenvalue weighted by atomic mass is 79.9. The third-order valence-electron chi connectivity index (χ3n) is 4.19. The van der Waals surface area contributed by atoms with E-state index in [-0.39, 0.29) is 17.2 Å². The summed E-state index contributed by atoms with van der Waals surface area (Å²) in [5, 5.41) is 0.279. The van der Waals surface area contributed by atoms with Gasteiger partial charge in [0.25, 0.3) is 0 Å². The molecule has 0 unspecified atom stereocenters. The van der Waals surface area contributed by atoms with Gasteiger partial charge in [0.05, 0.1) is 22.7 Å². The Kier molecular flexibility index (Phi) is 5.06. The van der Waals surface area contributed by atoms with Gasteiger partial charge in [0.1, 0.15) is 0 Å². The molecule has 2 atom stereocenters. The van der Waals surface area contributed by atoms with Crippen LogP contribution in [0.4, 0.5) is 5.69 Å². The fourth-order valence-electron chi connectivity index (χ4n) is 3.03. The molecule has 2 nitrogen and oxygen atoms in total. The van der Waals surface area contributed by atoms with Gasteiger partial charge < -0.3 is 4.90 Å². The van der Waals surface area contributed by atoms with Crippen LogP contribution in [-0.4, -0.2) is 23.0 Å². The van der Waals surface area contributed by atoms with Crippen LogP contribution in [0, 0.1) is 0 Å². The lowest BCUT2D eigenvalue weighted by Crippen LogP contribution is -2.48. The molecular weight excluding hydrogens is 414 g/mol. The molecule has 0 saturated heterocycles. The van der Waals surface area contributed by atoms with Crippen LogP contribution in [0.15, 0.2) is 87.1 Å². The summed E-state index contributed by atoms with van der Waals surface area (Å²) in [4.78, 5) is 17.3. The van der Waals surface area contributed by atoms with Crippen molar-refractivity contribution in [2.24, 2.45) is 0 Å². The first-order chi connectivity index (χ1) is 12.2. The predicted molar refractivity (Wildman–Crippen MR) is 111 cm³/mol. The van der Waals surface area contributed by atoms with E-state index < -0.39 is 0 Å². The van der Waals surface area contributed by atoms with Crippen LogP contribution in [0.2, 0.25) is 0 Å². The molecule has 0 bridgehead atoms. The number of amides is 1. The van der Waals surface area contributed by atoms with E-state index in [2.05, 4.69) is 40.2 Å². The minimum atomic E-state index is 0.0860. The van der Waals surface area contributed by atoms with Crippen molar-refractivity contribution in [1.82, 2.24) is 0 Å². The maximum Gasteiger partial charge on any atom is 0.237 e. The standard InChI is InChI=1S/C20H16BrNOS2/c21-14-9-11-15(12-10-14)24-13-20(23)22-16-5-1-3-7-18(16)25-19-8-4-2-6-17(19)22/h1-12,16,18H,13H2/t16-,18+/m0/s1. The summed E-state index contributed by atoms with van der Waals surface area (Å²) in [5.74, 6) is 0.581. The Morgan fingerprint density at radius 2 is 1.84 bits per heavy atom. The predicted octanol–water partition coefficient (Wildman–Crippen LogP) is 5.54. The van der Waals surface area contributed by atoms with Gasteiger partial charge in [-0.25, -0.2) is 0 Å². The molecule has 0 N–H and O–H groups in total. The van der Waals surface area contributed by atoms with Gasteiger partial charge in [0.15, 0.2) is 0 Å². The van der Waals surface area contributed by atoms with Gasteiger partial charge in [-0.3, -0.25) is 4.79 Å². The van der Waals surface area contributed by atoms with Gasteiger partial charge in [-0.1, -0.05) is 52.4 Å². The van der Waals surface area contributed by atoms with Gasteiger partial charge in [0.2, 0.25) is 5.91 Å². The van der Waals surface area contributed by atoms with E-state index in [1.54, 1.807) is 11.8 Å². The van der Waals surface area contributed by atoms with E-state index in [1.165, 1.54) is 4.90 Å². The quantitative estimate of drug-likeness (QED) is 0.596. The van der Waals surface area contributed by atoms with Crippen LogP contribution >= 0.6 is 39.5 Å². The average molecular weight is 430 g/mol. The average Bonchev–Trinajstić information content (AvgIpc) is 2.65. The van der Waals surface area contributed by atoms with Gasteiger partial charge in [-0.2, -0.15) is 0 Å². The first-order valence-corrected chi connectivity index (χ1v) is 10.7. The van der Waals surface area contributed by atoms with Crippen LogP contribution in [-0.2, 0) is 4.79 Å². The monoisotopic (exact) mass is 429 g/mol. The normalized spacial score (nSPS) is 20.9. The van der Waals surface area contributed by atoms with Crippen molar-refractivity contribution in [3.63, 3.8) is 0 Å². The minimum Gasteiger partial charge on any atom is -0.302 e. The number of allylic oxidation sites excluding steroid dienone is 2. The second kappa shape index (κ2) is 7.44. The lowest BCUT2D eigenvalue weighted by molar-refractivity contribution is -0.116. The van der Waals surface area contributed by atoms with Crippen molar-refractivity contribution in [3.8, 4) is 0 Å². The number of hydrogen-bond donors (Lipinski definition) is 0. The van der Waals surface area contributed by atoms with E-state index in [0.29, 0.717) is 5.75 Å². The van der Waals surface area contributed by atoms with E-state index in [0.717, 1.165) is 15.1 Å². The molecule has 1 aliphatic heterocycles. The van der Waals surface area contributed by atoms with E-state index in [9.17, 15) is 4.79 Å². The highest BCUT2D eigenvalue weighted by Crippen LogP contribution is 2.43. The summed E-state index contributed by atoms with van der Waals surface area (Å²) in [6.07, 6.45) is 8.43. The molecule has 0 saturated carbocycles. The molecule has 2 aromatic rings. The number of halogens is 1. The van der Waals surface area contributed by atoms with Crippen LogP contribution < -0.4 is 4.90 Å². The molecule has 4 rings (SSSR count). The van der Waals surface area contributed by atoms with Gasteiger partial charge >= 0.3 is 0 Å². The Morgan fingerprint density at radius 3 is 2.68 bits per heavy atom. The summed E-state index contributed by atoms with van der Waals surface area (Å²) in [6.45, 7) is 0. The van der Waals surface area contributed by atoms with E-state index >= 15 is 0 Å². The van der Waals surface area contributed by atoms with Crippen molar-refractivity contribution in [2.75, 3.05) is 10.7 Å². The molecule has 126 valence electrons. The summed E-state index contributed by atoms with van der Waals surface area (Å²) >= 11 is 6.86. The van der Waals surface area contributed by atoms with Crippen molar-refractivity contribution < 1.29 is 4.79 Å². The van der Waals surface area contributed by atoms with Crippen LogP contribution in [0.1, 0.15) is 0 Å². The van der Waals surface area contributed by atoms with Crippen LogP contribution in [0.3, 0.4) is 0 Å². The number of carbonyl (C=O) groups is 1. The summed E-state index contributed by atoms with van der Waals surface area (Å²) in [5.41, 5.74) is 1.02. The highest BCUT2D eigenvalue weighted by molar-refractivity contribution is 9.10. The molecule has 5 heteroatoms. The zero-order chi connectivity index (χ0) is 17.2. The number of benzene rings is 2. The van der Waals surface area contributed by atoms with Gasteiger partial charge in [-0.15, -0.1) is 23.5 Å². The highest BCUT2D eigenvalue weighted by Gasteiger charge is 2.36. The Morgan fingerprint density at radius 1 is 1.08 bits per heavy atom. The van der Waals surface area contributed by atoms with Crippen LogP contribution in [0.25, 0.3) is 0 Å². The molecule has 25 heavy (non-hydrogen) atoms. The Hall–Kier alpha value is -1.43. The number of para-hydroxylation sites is 1. The Labute approximate surface area is 164 Å². The fourth-order valence-corrected chi connectivity index (χ4v) is 5.31. The number of rotatable bonds is 3. The molecule has 2 aliphatic rings. The van der Waals surface area contributed by atoms with Crippen molar-refractivity contribution in [1.29, 1.82) is 0 Å². The van der Waals surface area contributed by atoms with Crippen molar-refractivity contribution >= 4 is 51.0 Å². The number of fused-ring (bicyclic) bond motifs is 2. The maximum atomic E-state index is 13.1. The number of anilines is 1. The zero-order valence-electron chi connectivity index (χ0n) is 13.3. The first-order valence-electron chi connectivity index (χ1n) is 8.03. The molecule has 1 aliphatic carbocycles. The molecule has 1 amide bonds. The molecule has 0 fully saturated rings. The van der Waals surface area contributed by atoms with Gasteiger partial charge in [-0.05, 0) is 36.4 Å². The topological polar surface area (TPSA) is 20.3 Å². The zero-order valence-corrected chi connectivity index (χ0v) is 16.6. The molecule has 0 aromatic heterocycles. The second-order valence-electron chi connectivity index (χ2n) is 5.82. The van der Waals surface area contributed by atoms with Crippen LogP contribution in [0.5, 0.6) is 0 Å².